The van der Waals surface area contributed by atoms with E-state index in [1.807, 2.05) is 43.3 Å². The fourth-order valence-corrected chi connectivity index (χ4v) is 4.91. The Morgan fingerprint density at radius 3 is 2.42 bits per heavy atom. The van der Waals surface area contributed by atoms with Crippen LogP contribution in [0.5, 0.6) is 5.75 Å². The van der Waals surface area contributed by atoms with Crippen LogP contribution in [0, 0.1) is 17.3 Å². The molecule has 1 saturated heterocycles. The first-order chi connectivity index (χ1) is 14.8. The molecule has 0 N–H and O–H groups in total. The number of carbonyl (C=O) groups excluding carboxylic acids is 2. The maximum absolute atomic E-state index is 13.2. The van der Waals surface area contributed by atoms with Crippen LogP contribution in [0.2, 0.25) is 0 Å². The van der Waals surface area contributed by atoms with Crippen molar-refractivity contribution >= 4 is 11.8 Å². The van der Waals surface area contributed by atoms with Crippen LogP contribution in [-0.2, 0) is 16.0 Å². The number of benzene rings is 2. The van der Waals surface area contributed by atoms with Crippen LogP contribution in [0.1, 0.15) is 25.3 Å². The lowest BCUT2D eigenvalue weighted by molar-refractivity contribution is -0.140. The normalized spacial score (nSPS) is 24.7. The van der Waals surface area contributed by atoms with E-state index in [2.05, 4.69) is 31.2 Å². The summed E-state index contributed by atoms with van der Waals surface area (Å²) in [6, 6.07) is 16.3. The highest BCUT2D eigenvalue weighted by Gasteiger charge is 2.50. The van der Waals surface area contributed by atoms with Gasteiger partial charge in [0.15, 0.2) is 0 Å². The van der Waals surface area contributed by atoms with Gasteiger partial charge in [0.1, 0.15) is 5.75 Å². The first-order valence-electron chi connectivity index (χ1n) is 11.1. The van der Waals surface area contributed by atoms with Gasteiger partial charge in [0.2, 0.25) is 11.8 Å². The lowest BCUT2D eigenvalue weighted by atomic mass is 9.79. The van der Waals surface area contributed by atoms with E-state index in [-0.39, 0.29) is 17.7 Å². The van der Waals surface area contributed by atoms with Crippen LogP contribution >= 0.6 is 0 Å². The zero-order valence-electron chi connectivity index (χ0n) is 18.9. The van der Waals surface area contributed by atoms with Gasteiger partial charge in [-0.2, -0.15) is 0 Å². The van der Waals surface area contributed by atoms with Crippen molar-refractivity contribution in [2.45, 2.75) is 26.2 Å². The number of likely N-dealkylation sites (tertiary alicyclic amines) is 1. The van der Waals surface area contributed by atoms with Gasteiger partial charge < -0.3 is 14.5 Å². The average Bonchev–Trinajstić information content (AvgIpc) is 3.36. The molecular formula is C26H32N2O3. The van der Waals surface area contributed by atoms with Crippen LogP contribution in [0.25, 0.3) is 11.1 Å². The zero-order valence-corrected chi connectivity index (χ0v) is 18.9. The minimum absolute atomic E-state index is 0.112. The van der Waals surface area contributed by atoms with E-state index in [9.17, 15) is 9.59 Å². The molecule has 2 aromatic carbocycles. The third-order valence-corrected chi connectivity index (χ3v) is 6.87. The highest BCUT2D eigenvalue weighted by Crippen LogP contribution is 2.43. The second-order valence-electron chi connectivity index (χ2n) is 9.38. The number of nitrogens with zero attached hydrogens (tertiary/aromatic N) is 2. The molecule has 164 valence electrons. The van der Waals surface area contributed by atoms with E-state index in [1.54, 1.807) is 12.0 Å². The number of methoxy groups -OCH3 is 1. The largest absolute Gasteiger partial charge is 0.496 e. The van der Waals surface area contributed by atoms with Gasteiger partial charge in [-0.15, -0.1) is 0 Å². The molecule has 2 fully saturated rings. The predicted molar refractivity (Wildman–Crippen MR) is 122 cm³/mol. The van der Waals surface area contributed by atoms with E-state index < -0.39 is 5.41 Å². The Hall–Kier alpha value is -2.82. The minimum Gasteiger partial charge on any atom is -0.496 e. The molecule has 1 heterocycles. The summed E-state index contributed by atoms with van der Waals surface area (Å²) in [5.41, 5.74) is 2.69. The standard InChI is InChI=1S/C26H32N2O3/c1-18-15-22(18)24(29)28-14-13-26(17-28,25(30)27(2)3)16-19-9-11-20(12-10-19)21-7-5-6-8-23(21)31-4/h5-12,18,22H,13-17H2,1-4H3/t18-,22-,26-/m1/s1. The second kappa shape index (κ2) is 8.37. The van der Waals surface area contributed by atoms with Crippen LogP contribution in [0.4, 0.5) is 0 Å². The zero-order chi connectivity index (χ0) is 22.2. The van der Waals surface area contributed by atoms with Crippen molar-refractivity contribution in [2.24, 2.45) is 17.3 Å². The van der Waals surface area contributed by atoms with Crippen molar-refractivity contribution in [1.29, 1.82) is 0 Å². The summed E-state index contributed by atoms with van der Waals surface area (Å²) in [5.74, 6) is 1.82. The summed E-state index contributed by atoms with van der Waals surface area (Å²) >= 11 is 0. The lowest BCUT2D eigenvalue weighted by Crippen LogP contribution is -2.45. The first kappa shape index (κ1) is 21.4. The Morgan fingerprint density at radius 1 is 1.13 bits per heavy atom. The van der Waals surface area contributed by atoms with Gasteiger partial charge in [-0.05, 0) is 42.4 Å². The molecule has 1 aliphatic heterocycles. The number of ether oxygens (including phenoxy) is 1. The number of carbonyl (C=O) groups is 2. The van der Waals surface area contributed by atoms with Crippen molar-refractivity contribution in [3.05, 3.63) is 54.1 Å². The maximum Gasteiger partial charge on any atom is 0.230 e. The van der Waals surface area contributed by atoms with Crippen molar-refractivity contribution in [3.8, 4) is 16.9 Å². The van der Waals surface area contributed by atoms with E-state index in [4.69, 9.17) is 4.74 Å². The van der Waals surface area contributed by atoms with E-state index >= 15 is 0 Å². The first-order valence-corrected chi connectivity index (χ1v) is 11.1. The van der Waals surface area contributed by atoms with Gasteiger partial charge in [-0.25, -0.2) is 0 Å². The van der Waals surface area contributed by atoms with Crippen molar-refractivity contribution in [2.75, 3.05) is 34.3 Å². The van der Waals surface area contributed by atoms with Gasteiger partial charge in [0.25, 0.3) is 0 Å². The molecule has 0 spiro atoms. The van der Waals surface area contributed by atoms with Crippen molar-refractivity contribution in [1.82, 2.24) is 9.80 Å². The fraction of sp³-hybridized carbons (Fsp3) is 0.462. The highest BCUT2D eigenvalue weighted by molar-refractivity contribution is 5.87. The smallest absolute Gasteiger partial charge is 0.230 e. The number of para-hydroxylation sites is 1. The molecule has 5 heteroatoms. The number of hydrogen-bond donors (Lipinski definition) is 0. The molecule has 1 saturated carbocycles. The lowest BCUT2D eigenvalue weighted by Gasteiger charge is -2.31. The summed E-state index contributed by atoms with van der Waals surface area (Å²) in [6.07, 6.45) is 2.33. The van der Waals surface area contributed by atoms with Gasteiger partial charge in [-0.1, -0.05) is 49.4 Å². The predicted octanol–water partition coefficient (Wildman–Crippen LogP) is 3.87. The molecule has 2 amide bonds. The number of hydrogen-bond acceptors (Lipinski definition) is 3. The molecule has 3 atom stereocenters. The number of rotatable bonds is 6. The van der Waals surface area contributed by atoms with Crippen LogP contribution in [0.15, 0.2) is 48.5 Å². The Kier molecular flexibility index (Phi) is 5.78. The molecule has 0 unspecified atom stereocenters. The summed E-state index contributed by atoms with van der Waals surface area (Å²) < 4.78 is 5.49. The topological polar surface area (TPSA) is 49.9 Å². The molecule has 4 rings (SSSR count). The molecule has 1 aliphatic carbocycles. The van der Waals surface area contributed by atoms with Gasteiger partial charge in [0.05, 0.1) is 12.5 Å². The Labute approximate surface area is 185 Å². The summed E-state index contributed by atoms with van der Waals surface area (Å²) in [6.45, 7) is 3.31. The van der Waals surface area contributed by atoms with Crippen LogP contribution in [0.3, 0.4) is 0 Å². The summed E-state index contributed by atoms with van der Waals surface area (Å²) in [5, 5.41) is 0. The van der Waals surface area contributed by atoms with Gasteiger partial charge in [-0.3, -0.25) is 9.59 Å². The SMILES string of the molecule is COc1ccccc1-c1ccc(C[C@]2(C(=O)N(C)C)CCN(C(=O)[C@@H]3C[C@H]3C)C2)cc1. The number of amides is 2. The second-order valence-corrected chi connectivity index (χ2v) is 9.38. The third-order valence-electron chi connectivity index (χ3n) is 6.87. The van der Waals surface area contributed by atoms with Crippen LogP contribution < -0.4 is 4.74 Å². The molecule has 0 aromatic heterocycles. The molecule has 31 heavy (non-hydrogen) atoms. The van der Waals surface area contributed by atoms with Crippen molar-refractivity contribution in [3.63, 3.8) is 0 Å². The average molecular weight is 421 g/mol. The molecule has 0 radical (unpaired) electrons. The Morgan fingerprint density at radius 2 is 1.81 bits per heavy atom. The molecule has 2 aliphatic rings. The van der Waals surface area contributed by atoms with E-state index in [1.165, 1.54) is 0 Å². The molecule has 5 nitrogen and oxygen atoms in total. The van der Waals surface area contributed by atoms with Crippen LogP contribution in [-0.4, -0.2) is 55.9 Å². The Bertz CT molecular complexity index is 969. The van der Waals surface area contributed by atoms with Crippen molar-refractivity contribution < 1.29 is 14.3 Å². The van der Waals surface area contributed by atoms with E-state index in [0.717, 1.165) is 28.9 Å². The quantitative estimate of drug-likeness (QED) is 0.713. The Balaban J connectivity index is 1.55. The minimum atomic E-state index is -0.552. The summed E-state index contributed by atoms with van der Waals surface area (Å²) in [4.78, 5) is 29.6. The fourth-order valence-electron chi connectivity index (χ4n) is 4.91. The van der Waals surface area contributed by atoms with Gasteiger partial charge >= 0.3 is 0 Å². The third kappa shape index (κ3) is 4.18. The monoisotopic (exact) mass is 420 g/mol. The van der Waals surface area contributed by atoms with E-state index in [0.29, 0.717) is 31.8 Å². The molecular weight excluding hydrogens is 388 g/mol. The molecule has 0 bridgehead atoms. The molecule has 2 aromatic rings. The maximum atomic E-state index is 13.2. The highest BCUT2D eigenvalue weighted by atomic mass is 16.5. The summed E-state index contributed by atoms with van der Waals surface area (Å²) in [7, 11) is 5.30. The van der Waals surface area contributed by atoms with Gasteiger partial charge in [0, 0.05) is 38.7 Å².